The van der Waals surface area contributed by atoms with Gasteiger partial charge in [-0.1, -0.05) is 229 Å². The molecular weight excluding hydrogens is 1870 g/mol. The lowest BCUT2D eigenvalue weighted by Crippen LogP contribution is -2.40. The Bertz CT molecular complexity index is 8320. The molecule has 22 rings (SSSR count). The fourth-order valence-electron chi connectivity index (χ4n) is 20.4. The number of nitrogens with zero attached hydrogens (tertiary/aromatic N) is 20. The molecule has 149 heavy (non-hydrogen) atoms. The van der Waals surface area contributed by atoms with Crippen molar-refractivity contribution in [2.24, 2.45) is 39.5 Å². The summed E-state index contributed by atoms with van der Waals surface area (Å²) in [5.74, 6) is 2.54. The second-order valence-electron chi connectivity index (χ2n) is 40.9. The molecule has 4 aliphatic rings. The van der Waals surface area contributed by atoms with Gasteiger partial charge in [0.25, 0.3) is 22.2 Å². The van der Waals surface area contributed by atoms with Crippen LogP contribution in [-0.4, -0.2) is 149 Å². The molecule has 0 aliphatic carbocycles. The second kappa shape index (κ2) is 44.6. The number of hydrogen-bond acceptors (Lipinski definition) is 22. The number of anilines is 8. The molecule has 8 aromatic carbocycles. The molecule has 0 amide bonds. The molecule has 0 bridgehead atoms. The third-order valence-corrected chi connectivity index (χ3v) is 28.2. The number of para-hydroxylation sites is 4. The molecule has 10 aromatic heterocycles. The number of likely N-dealkylation sites (tertiary alicyclic amines) is 2. The van der Waals surface area contributed by atoms with E-state index in [1.165, 1.54) is 82.6 Å². The number of fused-ring (bicyclic) bond motifs is 4. The molecule has 4 fully saturated rings. The largest absolute Gasteiger partial charge is 0.340 e. The van der Waals surface area contributed by atoms with E-state index < -0.39 is 0 Å². The fourth-order valence-corrected chi connectivity index (χ4v) is 20.4. The summed E-state index contributed by atoms with van der Waals surface area (Å²) in [7, 11) is 10.4. The van der Waals surface area contributed by atoms with Gasteiger partial charge in [-0.3, -0.25) is 70.6 Å². The summed E-state index contributed by atoms with van der Waals surface area (Å²) in [5.41, 5.74) is 12.7. The van der Waals surface area contributed by atoms with Gasteiger partial charge in [-0.15, -0.1) is 0 Å². The number of likely N-dealkylation sites (N-methyl/N-ethyl adjacent to an activating group) is 1. The zero-order valence-corrected chi connectivity index (χ0v) is 86.1. The highest BCUT2D eigenvalue weighted by Crippen LogP contribution is 2.37. The molecule has 4 saturated heterocycles. The Balaban J connectivity index is 0.000000125. The SMILES string of the molecule is CC(C)Cn1c(=O)n(C)c(=O)c2c(Nc3ccccc3)n(Cc3ccc(C4CCCCN4C)cc3)nc21.CN1CCC(n2c(=O)n(C)c(=O)c3c(Nc4ccccc4)n(Cc4ccc(-c5ccccn5)cc4)nc32)C1.Cn1c(=O)c2c(Nc3ccccc3)n(Cc3ccc(-c4ccccn4)cc3)nc2n(C2CCNC2)c1=O.Cn1c(=O)c2c(Nc3ccccc3)n(Cc3ccc(C4CCCCN4)cc3)nc2n(CC(C)(C)C)c1=O. The molecule has 34 nitrogen and oxygen atoms in total. The van der Waals surface area contributed by atoms with Crippen LogP contribution in [0.2, 0.25) is 0 Å². The molecule has 766 valence electrons. The van der Waals surface area contributed by atoms with Gasteiger partial charge >= 0.3 is 22.8 Å². The molecule has 0 radical (unpaired) electrons. The van der Waals surface area contributed by atoms with Gasteiger partial charge in [0.05, 0.1) is 49.7 Å². The quantitative estimate of drug-likeness (QED) is 0.0309. The van der Waals surface area contributed by atoms with Gasteiger partial charge in [0.15, 0.2) is 22.6 Å². The zero-order chi connectivity index (χ0) is 104. The molecule has 4 atom stereocenters. The monoisotopic (exact) mass is 2000 g/mol. The van der Waals surface area contributed by atoms with E-state index in [0.717, 1.165) is 120 Å². The molecule has 14 heterocycles. The van der Waals surface area contributed by atoms with Gasteiger partial charge in [-0.25, -0.2) is 37.9 Å². The fraction of sp³-hybridized carbons (Fsp3) is 0.322. The Morgan fingerprint density at radius 1 is 0.369 bits per heavy atom. The second-order valence-corrected chi connectivity index (χ2v) is 40.9. The van der Waals surface area contributed by atoms with E-state index in [9.17, 15) is 38.4 Å². The maximum atomic E-state index is 13.5. The predicted octanol–water partition coefficient (Wildman–Crippen LogP) is 16.0. The maximum absolute atomic E-state index is 13.5. The maximum Gasteiger partial charge on any atom is 0.332 e. The van der Waals surface area contributed by atoms with Crippen molar-refractivity contribution in [2.75, 3.05) is 74.6 Å². The van der Waals surface area contributed by atoms with Gasteiger partial charge in [-0.05, 0) is 196 Å². The van der Waals surface area contributed by atoms with Crippen molar-refractivity contribution in [2.45, 2.75) is 149 Å². The minimum atomic E-state index is -0.364. The summed E-state index contributed by atoms with van der Waals surface area (Å²) in [6.45, 7) is 18.3. The van der Waals surface area contributed by atoms with Crippen LogP contribution in [0.1, 0.15) is 144 Å². The summed E-state index contributed by atoms with van der Waals surface area (Å²) in [5, 5.41) is 41.7. The molecule has 18 aromatic rings. The Hall–Kier alpha value is -16.3. The van der Waals surface area contributed by atoms with E-state index >= 15 is 0 Å². The first kappa shape index (κ1) is 101. The van der Waals surface area contributed by atoms with Crippen molar-refractivity contribution in [1.82, 2.24) is 106 Å². The average molecular weight is 2000 g/mol. The Morgan fingerprint density at radius 2 is 0.745 bits per heavy atom. The smallest absolute Gasteiger partial charge is 0.332 e. The summed E-state index contributed by atoms with van der Waals surface area (Å²) < 4.78 is 18.6. The van der Waals surface area contributed by atoms with Crippen LogP contribution in [0.3, 0.4) is 0 Å². The number of hydrogen-bond donors (Lipinski definition) is 6. The van der Waals surface area contributed by atoms with Crippen molar-refractivity contribution in [3.8, 4) is 22.5 Å². The average Bonchev–Trinajstić information content (AvgIpc) is 1.59. The third-order valence-electron chi connectivity index (χ3n) is 28.2. The summed E-state index contributed by atoms with van der Waals surface area (Å²) in [6, 6.07) is 84.9. The number of nitrogens with one attached hydrogen (secondary N) is 6. The Morgan fingerprint density at radius 3 is 1.11 bits per heavy atom. The lowest BCUT2D eigenvalue weighted by Gasteiger charge is -2.32. The van der Waals surface area contributed by atoms with Gasteiger partial charge in [0, 0.05) is 113 Å². The highest BCUT2D eigenvalue weighted by Gasteiger charge is 2.34. The molecule has 4 aliphatic heterocycles. The van der Waals surface area contributed by atoms with Crippen molar-refractivity contribution in [3.63, 3.8) is 0 Å². The summed E-state index contributed by atoms with van der Waals surface area (Å²) in [4.78, 5) is 120. The predicted molar refractivity (Wildman–Crippen MR) is 590 cm³/mol. The molecule has 0 spiro atoms. The lowest BCUT2D eigenvalue weighted by molar-refractivity contribution is 0.187. The zero-order valence-electron chi connectivity index (χ0n) is 86.1. The van der Waals surface area contributed by atoms with E-state index in [4.69, 9.17) is 20.4 Å². The van der Waals surface area contributed by atoms with Crippen LogP contribution in [0.5, 0.6) is 0 Å². The topological polar surface area (TPSA) is 352 Å². The van der Waals surface area contributed by atoms with Crippen LogP contribution in [0, 0.1) is 11.3 Å². The third kappa shape index (κ3) is 22.2. The van der Waals surface area contributed by atoms with Crippen LogP contribution in [0.25, 0.3) is 66.6 Å². The number of pyridine rings is 2. The number of aromatic nitrogens is 18. The summed E-state index contributed by atoms with van der Waals surface area (Å²) in [6.07, 6.45) is 12.5. The van der Waals surface area contributed by atoms with Crippen LogP contribution in [0.4, 0.5) is 46.0 Å². The van der Waals surface area contributed by atoms with Crippen molar-refractivity contribution >= 4 is 90.2 Å². The molecule has 6 N–H and O–H groups in total. The van der Waals surface area contributed by atoms with Gasteiger partial charge < -0.3 is 36.8 Å². The lowest BCUT2D eigenvalue weighted by atomic mass is 9.95. The van der Waals surface area contributed by atoms with E-state index in [-0.39, 0.29) is 68.4 Å². The first-order chi connectivity index (χ1) is 72.1. The molecule has 0 saturated carbocycles. The minimum Gasteiger partial charge on any atom is -0.340 e. The number of benzene rings is 8. The van der Waals surface area contributed by atoms with E-state index in [2.05, 4.69) is 142 Å². The number of piperidine rings is 2. The van der Waals surface area contributed by atoms with E-state index in [1.54, 1.807) is 47.1 Å². The molecular formula is C115H128N26O8. The van der Waals surface area contributed by atoms with Crippen LogP contribution in [0.15, 0.2) is 306 Å². The van der Waals surface area contributed by atoms with Crippen molar-refractivity contribution < 1.29 is 0 Å². The van der Waals surface area contributed by atoms with Crippen molar-refractivity contribution in [3.05, 3.63) is 384 Å². The van der Waals surface area contributed by atoms with Crippen LogP contribution >= 0.6 is 0 Å². The van der Waals surface area contributed by atoms with Crippen LogP contribution in [-0.2, 0) is 67.5 Å². The van der Waals surface area contributed by atoms with Crippen molar-refractivity contribution in [1.29, 1.82) is 0 Å². The Kier molecular flexibility index (Phi) is 30.3. The molecule has 4 unspecified atom stereocenters. The van der Waals surface area contributed by atoms with E-state index in [1.807, 2.05) is 223 Å². The highest BCUT2D eigenvalue weighted by atomic mass is 16.2. The highest BCUT2D eigenvalue weighted by molar-refractivity contribution is 5.93. The van der Waals surface area contributed by atoms with Gasteiger partial charge in [-0.2, -0.15) is 20.4 Å². The van der Waals surface area contributed by atoms with Gasteiger partial charge in [0.2, 0.25) is 0 Å². The molecule has 34 heteroatoms. The number of rotatable bonds is 25. The van der Waals surface area contributed by atoms with Crippen LogP contribution < -0.4 is 76.9 Å². The van der Waals surface area contributed by atoms with Gasteiger partial charge in [0.1, 0.15) is 44.8 Å². The summed E-state index contributed by atoms with van der Waals surface area (Å²) >= 11 is 0. The first-order valence-corrected chi connectivity index (χ1v) is 51.3. The minimum absolute atomic E-state index is 0.0487. The van der Waals surface area contributed by atoms with E-state index in [0.29, 0.717) is 125 Å². The Labute approximate surface area is 861 Å². The first-order valence-electron chi connectivity index (χ1n) is 51.3. The normalized spacial score (nSPS) is 16.0. The standard InChI is InChI=1S/C29H29N7O2.2C29H36N6O2.C28H27N7O2/c1-33-17-15-23(19-33)36-27-25(28(37)34(2)29(36)38)26(31-22-8-4-3-5-9-22)35(32-27)18-20-11-13-21(14-12-20)24-10-6-7-16-30-24;1-29(2,3)19-34-26-24(27(36)33(4)28(34)37)25(31-22-10-6-5-7-11-22)35(32-26)18-20-13-15-21(16-14-20)23-12-8-9-17-30-23;1-20(2)18-34-27-25(28(36)33(4)29(34)37)26(30-23-10-6-5-7-11-23)35(31-27)19-21-13-15-22(16-14-21)24-12-8-9-17-32(24)3;1-33-27(36)24-25(31-21-7-3-2-4-8-21)34(32-26(24)35(28(33)37)22-14-16-29-17-22)18-19-10-12-20(13-11-19)23-9-5-6-15-30-23/h3-14,16,23,31H,15,17-19H2,1-2H3;5-7,10-11,13-16,23,30-31H,8-9,12,17-19H2,1-4H3;5-7,10-11,13-16,20,24,30H,8-9,12,17-19H2,1-4H3;2-13,15,22,29,31H,14,16-18H2,1H3.